The van der Waals surface area contributed by atoms with E-state index in [1.807, 2.05) is 0 Å². The van der Waals surface area contributed by atoms with Crippen LogP contribution in [0.15, 0.2) is 11.6 Å². The maximum Gasteiger partial charge on any atom is 0.184 e. The minimum atomic E-state index is -1.38. The molecule has 1 unspecified atom stereocenters. The van der Waals surface area contributed by atoms with Gasteiger partial charge in [0.25, 0.3) is 0 Å². The van der Waals surface area contributed by atoms with Gasteiger partial charge in [-0.25, -0.2) is 0 Å². The van der Waals surface area contributed by atoms with E-state index in [4.69, 9.17) is 4.43 Å². The van der Waals surface area contributed by atoms with Gasteiger partial charge in [-0.1, -0.05) is 25.5 Å². The SMILES string of the molecule is CC1=CC(O[Si](C)(C)C)CC(C)(C)C1. The first-order valence-corrected chi connectivity index (χ1v) is 8.94. The highest BCUT2D eigenvalue weighted by atomic mass is 28.4. The molecule has 0 aromatic heterocycles. The van der Waals surface area contributed by atoms with Gasteiger partial charge in [0.1, 0.15) is 0 Å². The van der Waals surface area contributed by atoms with Crippen molar-refractivity contribution in [1.29, 1.82) is 0 Å². The van der Waals surface area contributed by atoms with Crippen LogP contribution in [0.3, 0.4) is 0 Å². The Kier molecular flexibility index (Phi) is 3.27. The molecule has 0 heterocycles. The molecule has 14 heavy (non-hydrogen) atoms. The number of hydrogen-bond donors (Lipinski definition) is 0. The van der Waals surface area contributed by atoms with Crippen molar-refractivity contribution in [2.75, 3.05) is 0 Å². The van der Waals surface area contributed by atoms with Crippen LogP contribution in [0.25, 0.3) is 0 Å². The van der Waals surface area contributed by atoms with Gasteiger partial charge < -0.3 is 4.43 Å². The normalized spacial score (nSPS) is 27.3. The zero-order chi connectivity index (χ0) is 11.0. The molecule has 0 aromatic rings. The van der Waals surface area contributed by atoms with E-state index >= 15 is 0 Å². The molecule has 0 bridgehead atoms. The lowest BCUT2D eigenvalue weighted by atomic mass is 9.77. The molecular weight excluding hydrogens is 188 g/mol. The molecule has 0 saturated carbocycles. The van der Waals surface area contributed by atoms with Gasteiger partial charge in [0, 0.05) is 0 Å². The van der Waals surface area contributed by atoms with E-state index in [2.05, 4.69) is 46.5 Å². The molecule has 0 radical (unpaired) electrons. The van der Waals surface area contributed by atoms with Gasteiger partial charge >= 0.3 is 0 Å². The molecule has 0 N–H and O–H groups in total. The molecule has 1 nitrogen and oxygen atoms in total. The summed E-state index contributed by atoms with van der Waals surface area (Å²) in [4.78, 5) is 0. The van der Waals surface area contributed by atoms with Crippen molar-refractivity contribution in [1.82, 2.24) is 0 Å². The van der Waals surface area contributed by atoms with Crippen LogP contribution in [-0.4, -0.2) is 14.4 Å². The molecule has 1 aliphatic carbocycles. The second-order valence-electron chi connectivity index (χ2n) is 6.33. The third-order valence-electron chi connectivity index (χ3n) is 2.49. The Morgan fingerprint density at radius 3 is 2.36 bits per heavy atom. The Bertz CT molecular complexity index is 235. The highest BCUT2D eigenvalue weighted by Gasteiger charge is 2.30. The molecule has 0 amide bonds. The Balaban J connectivity index is 2.67. The molecule has 0 spiro atoms. The van der Waals surface area contributed by atoms with Crippen molar-refractivity contribution >= 4 is 8.32 Å². The van der Waals surface area contributed by atoms with Crippen LogP contribution in [0.1, 0.15) is 33.6 Å². The van der Waals surface area contributed by atoms with Crippen molar-refractivity contribution in [2.24, 2.45) is 5.41 Å². The lowest BCUT2D eigenvalue weighted by molar-refractivity contribution is 0.153. The summed E-state index contributed by atoms with van der Waals surface area (Å²) < 4.78 is 6.15. The van der Waals surface area contributed by atoms with Gasteiger partial charge in [-0.05, 0) is 44.8 Å². The third kappa shape index (κ3) is 3.97. The monoisotopic (exact) mass is 212 g/mol. The summed E-state index contributed by atoms with van der Waals surface area (Å²) in [6.07, 6.45) is 5.09. The number of rotatable bonds is 2. The minimum Gasteiger partial charge on any atom is -0.411 e. The summed E-state index contributed by atoms with van der Waals surface area (Å²) in [6.45, 7) is 13.7. The lowest BCUT2D eigenvalue weighted by Gasteiger charge is -2.36. The number of hydrogen-bond acceptors (Lipinski definition) is 1. The van der Waals surface area contributed by atoms with Crippen LogP contribution >= 0.6 is 0 Å². The fourth-order valence-corrected chi connectivity index (χ4v) is 3.40. The molecule has 1 atom stereocenters. The first-order chi connectivity index (χ1) is 6.18. The largest absolute Gasteiger partial charge is 0.411 e. The Morgan fingerprint density at radius 1 is 1.36 bits per heavy atom. The summed E-state index contributed by atoms with van der Waals surface area (Å²) in [7, 11) is -1.38. The van der Waals surface area contributed by atoms with E-state index in [-0.39, 0.29) is 0 Å². The quantitative estimate of drug-likeness (QED) is 0.497. The predicted molar refractivity (Wildman–Crippen MR) is 65.0 cm³/mol. The second kappa shape index (κ2) is 3.82. The van der Waals surface area contributed by atoms with E-state index in [1.54, 1.807) is 0 Å². The van der Waals surface area contributed by atoms with Gasteiger partial charge in [-0.2, -0.15) is 0 Å². The topological polar surface area (TPSA) is 9.23 Å². The van der Waals surface area contributed by atoms with E-state index < -0.39 is 8.32 Å². The van der Waals surface area contributed by atoms with Crippen LogP contribution in [0, 0.1) is 5.41 Å². The van der Waals surface area contributed by atoms with E-state index in [9.17, 15) is 0 Å². The first-order valence-electron chi connectivity index (χ1n) is 5.53. The van der Waals surface area contributed by atoms with Crippen LogP contribution in [0.2, 0.25) is 19.6 Å². The van der Waals surface area contributed by atoms with Gasteiger partial charge in [0.15, 0.2) is 8.32 Å². The van der Waals surface area contributed by atoms with Gasteiger partial charge in [0.2, 0.25) is 0 Å². The maximum atomic E-state index is 6.15. The summed E-state index contributed by atoms with van der Waals surface area (Å²) in [5.74, 6) is 0. The van der Waals surface area contributed by atoms with Crippen LogP contribution in [0.5, 0.6) is 0 Å². The Morgan fingerprint density at radius 2 is 1.93 bits per heavy atom. The second-order valence-corrected chi connectivity index (χ2v) is 10.8. The molecule has 82 valence electrons. The van der Waals surface area contributed by atoms with Gasteiger partial charge in [0.05, 0.1) is 6.10 Å². The Hall–Kier alpha value is -0.0831. The van der Waals surface area contributed by atoms with Crippen molar-refractivity contribution in [2.45, 2.75) is 59.4 Å². The lowest BCUT2D eigenvalue weighted by Crippen LogP contribution is -2.35. The predicted octanol–water partition coefficient (Wildman–Crippen LogP) is 3.97. The van der Waals surface area contributed by atoms with Crippen molar-refractivity contribution < 1.29 is 4.43 Å². The molecule has 0 aromatic carbocycles. The summed E-state index contributed by atoms with van der Waals surface area (Å²) in [6, 6.07) is 0. The zero-order valence-electron chi connectivity index (χ0n) is 10.5. The molecule has 0 fully saturated rings. The number of allylic oxidation sites excluding steroid dienone is 1. The van der Waals surface area contributed by atoms with Crippen LogP contribution < -0.4 is 0 Å². The maximum absolute atomic E-state index is 6.15. The summed E-state index contributed by atoms with van der Waals surface area (Å²) >= 11 is 0. The highest BCUT2D eigenvalue weighted by molar-refractivity contribution is 6.69. The standard InChI is InChI=1S/C12H24OSi/c1-10-7-11(13-14(4,5)6)9-12(2,3)8-10/h7,11H,8-9H2,1-6H3. The van der Waals surface area contributed by atoms with Crippen LogP contribution in [0.4, 0.5) is 0 Å². The summed E-state index contributed by atoms with van der Waals surface area (Å²) in [5.41, 5.74) is 1.91. The first kappa shape index (κ1) is 12.0. The fourth-order valence-electron chi connectivity index (χ4n) is 2.34. The smallest absolute Gasteiger partial charge is 0.184 e. The molecule has 2 heteroatoms. The minimum absolute atomic E-state index is 0.366. The zero-order valence-corrected chi connectivity index (χ0v) is 11.5. The molecule has 0 saturated heterocycles. The van der Waals surface area contributed by atoms with E-state index in [1.165, 1.54) is 18.4 Å². The molecule has 0 aliphatic heterocycles. The van der Waals surface area contributed by atoms with Gasteiger partial charge in [-0.3, -0.25) is 0 Å². The van der Waals surface area contributed by atoms with Crippen molar-refractivity contribution in [3.63, 3.8) is 0 Å². The Labute approximate surface area is 89.7 Å². The summed E-state index contributed by atoms with van der Waals surface area (Å²) in [5, 5.41) is 0. The van der Waals surface area contributed by atoms with Gasteiger partial charge in [-0.15, -0.1) is 0 Å². The average Bonchev–Trinajstić information content (AvgIpc) is 1.74. The van der Waals surface area contributed by atoms with Crippen molar-refractivity contribution in [3.8, 4) is 0 Å². The third-order valence-corrected chi connectivity index (χ3v) is 3.50. The molecule has 1 rings (SSSR count). The average molecular weight is 212 g/mol. The molecule has 1 aliphatic rings. The fraction of sp³-hybridized carbons (Fsp3) is 0.833. The molecular formula is C12H24OSi. The van der Waals surface area contributed by atoms with Crippen LogP contribution in [-0.2, 0) is 4.43 Å². The van der Waals surface area contributed by atoms with E-state index in [0.717, 1.165) is 0 Å². The van der Waals surface area contributed by atoms with Crippen molar-refractivity contribution in [3.05, 3.63) is 11.6 Å². The van der Waals surface area contributed by atoms with E-state index in [0.29, 0.717) is 11.5 Å². The highest BCUT2D eigenvalue weighted by Crippen LogP contribution is 2.36.